The molecule has 0 atom stereocenters. The van der Waals surface area contributed by atoms with Gasteiger partial charge in [0, 0.05) is 6.61 Å². The molecular formula is C13H27N3O3S. The first-order valence-corrected chi connectivity index (χ1v) is 9.01. The zero-order valence-electron chi connectivity index (χ0n) is 12.3. The zero-order valence-corrected chi connectivity index (χ0v) is 13.1. The number of nitrogens with two attached hydrogens (primary N) is 1. The molecule has 1 fully saturated rings. The van der Waals surface area contributed by atoms with Gasteiger partial charge in [0.25, 0.3) is 0 Å². The maximum absolute atomic E-state index is 12.1. The molecule has 1 aliphatic rings. The van der Waals surface area contributed by atoms with Crippen molar-refractivity contribution in [3.8, 4) is 0 Å². The van der Waals surface area contributed by atoms with Crippen molar-refractivity contribution in [1.82, 2.24) is 4.72 Å². The summed E-state index contributed by atoms with van der Waals surface area (Å²) in [4.78, 5) is 0. The first-order valence-electron chi connectivity index (χ1n) is 7.36. The van der Waals surface area contributed by atoms with Crippen molar-refractivity contribution in [2.24, 2.45) is 5.73 Å². The van der Waals surface area contributed by atoms with E-state index in [0.717, 1.165) is 25.7 Å². The van der Waals surface area contributed by atoms with Crippen LogP contribution in [0.5, 0.6) is 0 Å². The van der Waals surface area contributed by atoms with Crippen LogP contribution in [0.25, 0.3) is 0 Å². The van der Waals surface area contributed by atoms with E-state index in [0.29, 0.717) is 19.4 Å². The van der Waals surface area contributed by atoms with Gasteiger partial charge < -0.3 is 10.5 Å². The molecule has 0 aromatic rings. The summed E-state index contributed by atoms with van der Waals surface area (Å²) in [6, 6.07) is 0. The number of hydrogen-bond acceptors (Lipinski definition) is 4. The van der Waals surface area contributed by atoms with Crippen LogP contribution in [0.15, 0.2) is 0 Å². The standard InChI is InChI=1S/C13H27N3O3S/c1-2-19-10-11-20(17,18)16-13(12(14)15)8-6-4-3-5-7-9-13/h16H,2-11H2,1H3,(H3,14,15). The highest BCUT2D eigenvalue weighted by Gasteiger charge is 2.37. The third-order valence-electron chi connectivity index (χ3n) is 3.77. The first kappa shape index (κ1) is 17.4. The van der Waals surface area contributed by atoms with Gasteiger partial charge in [-0.1, -0.05) is 32.1 Å². The Labute approximate surface area is 122 Å². The van der Waals surface area contributed by atoms with E-state index in [1.807, 2.05) is 6.92 Å². The number of amidine groups is 1. The van der Waals surface area contributed by atoms with Crippen molar-refractivity contribution in [1.29, 1.82) is 5.41 Å². The van der Waals surface area contributed by atoms with Crippen molar-refractivity contribution >= 4 is 15.9 Å². The summed E-state index contributed by atoms with van der Waals surface area (Å²) >= 11 is 0. The largest absolute Gasteiger partial charge is 0.386 e. The molecule has 1 saturated carbocycles. The Morgan fingerprint density at radius 3 is 2.30 bits per heavy atom. The van der Waals surface area contributed by atoms with E-state index < -0.39 is 15.6 Å². The van der Waals surface area contributed by atoms with Crippen molar-refractivity contribution < 1.29 is 13.2 Å². The number of hydrogen-bond donors (Lipinski definition) is 3. The third-order valence-corrected chi connectivity index (χ3v) is 5.18. The van der Waals surface area contributed by atoms with Gasteiger partial charge in [0.05, 0.1) is 17.9 Å². The van der Waals surface area contributed by atoms with Gasteiger partial charge in [-0.2, -0.15) is 0 Å². The average molecular weight is 305 g/mol. The molecule has 0 bridgehead atoms. The molecule has 20 heavy (non-hydrogen) atoms. The van der Waals surface area contributed by atoms with Crippen LogP contribution in [-0.4, -0.2) is 38.8 Å². The minimum absolute atomic E-state index is 0.0700. The molecule has 0 radical (unpaired) electrons. The van der Waals surface area contributed by atoms with Crippen LogP contribution in [-0.2, 0) is 14.8 Å². The summed E-state index contributed by atoms with van der Waals surface area (Å²) in [6.45, 7) is 2.49. The first-order chi connectivity index (χ1) is 9.42. The van der Waals surface area contributed by atoms with Gasteiger partial charge in [-0.05, 0) is 19.8 Å². The predicted octanol–water partition coefficient (Wildman–Crippen LogP) is 1.36. The Kier molecular flexibility index (Phi) is 6.91. The third kappa shape index (κ3) is 5.38. The van der Waals surface area contributed by atoms with Gasteiger partial charge in [0.2, 0.25) is 10.0 Å². The lowest BCUT2D eigenvalue weighted by Gasteiger charge is -2.34. The Balaban J connectivity index is 2.76. The van der Waals surface area contributed by atoms with Crippen LogP contribution in [0.1, 0.15) is 51.9 Å². The van der Waals surface area contributed by atoms with Crippen molar-refractivity contribution in [2.75, 3.05) is 19.0 Å². The Bertz CT molecular complexity index is 401. The van der Waals surface area contributed by atoms with E-state index in [2.05, 4.69) is 4.72 Å². The smallest absolute Gasteiger partial charge is 0.214 e. The SMILES string of the molecule is CCOCCS(=O)(=O)NC1(C(=N)N)CCCCCCC1. The molecule has 0 saturated heterocycles. The van der Waals surface area contributed by atoms with E-state index in [-0.39, 0.29) is 18.2 Å². The van der Waals surface area contributed by atoms with Gasteiger partial charge in [0.15, 0.2) is 0 Å². The second kappa shape index (κ2) is 7.95. The molecule has 4 N–H and O–H groups in total. The highest BCUT2D eigenvalue weighted by molar-refractivity contribution is 7.89. The highest BCUT2D eigenvalue weighted by atomic mass is 32.2. The summed E-state index contributed by atoms with van der Waals surface area (Å²) < 4.78 is 32.0. The molecule has 6 nitrogen and oxygen atoms in total. The Hall–Kier alpha value is -0.660. The summed E-state index contributed by atoms with van der Waals surface area (Å²) in [5.74, 6) is -0.157. The van der Waals surface area contributed by atoms with Gasteiger partial charge in [-0.25, -0.2) is 13.1 Å². The fourth-order valence-corrected chi connectivity index (χ4v) is 3.95. The molecule has 1 aliphatic carbocycles. The lowest BCUT2D eigenvalue weighted by molar-refractivity contribution is 0.163. The van der Waals surface area contributed by atoms with E-state index in [1.165, 1.54) is 6.42 Å². The topological polar surface area (TPSA) is 105 Å². The number of ether oxygens (including phenoxy) is 1. The molecule has 0 aliphatic heterocycles. The quantitative estimate of drug-likeness (QED) is 0.375. The van der Waals surface area contributed by atoms with Crippen molar-refractivity contribution in [2.45, 2.75) is 57.4 Å². The van der Waals surface area contributed by atoms with Gasteiger partial charge >= 0.3 is 0 Å². The molecule has 0 unspecified atom stereocenters. The number of nitrogens with one attached hydrogen (secondary N) is 2. The Morgan fingerprint density at radius 2 is 1.80 bits per heavy atom. The second-order valence-corrected chi connectivity index (χ2v) is 7.22. The average Bonchev–Trinajstić information content (AvgIpc) is 2.32. The maximum atomic E-state index is 12.1. The minimum Gasteiger partial charge on any atom is -0.386 e. The lowest BCUT2D eigenvalue weighted by Crippen LogP contribution is -2.58. The molecule has 7 heteroatoms. The molecular weight excluding hydrogens is 278 g/mol. The van der Waals surface area contributed by atoms with Crippen LogP contribution < -0.4 is 10.5 Å². The van der Waals surface area contributed by atoms with Crippen LogP contribution >= 0.6 is 0 Å². The van der Waals surface area contributed by atoms with Crippen molar-refractivity contribution in [3.63, 3.8) is 0 Å². The predicted molar refractivity (Wildman–Crippen MR) is 80.4 cm³/mol. The number of rotatable bonds is 7. The summed E-state index contributed by atoms with van der Waals surface area (Å²) in [7, 11) is -3.48. The minimum atomic E-state index is -3.48. The molecule has 0 aromatic heterocycles. The monoisotopic (exact) mass is 305 g/mol. The molecule has 1 rings (SSSR count). The molecule has 0 amide bonds. The summed E-state index contributed by atoms with van der Waals surface area (Å²) in [5.41, 5.74) is 4.81. The van der Waals surface area contributed by atoms with Crippen LogP contribution in [0, 0.1) is 5.41 Å². The van der Waals surface area contributed by atoms with Crippen LogP contribution in [0.3, 0.4) is 0 Å². The van der Waals surface area contributed by atoms with Crippen LogP contribution in [0.4, 0.5) is 0 Å². The molecule has 0 aromatic carbocycles. The van der Waals surface area contributed by atoms with Crippen LogP contribution in [0.2, 0.25) is 0 Å². The molecule has 0 spiro atoms. The Morgan fingerprint density at radius 1 is 1.25 bits per heavy atom. The maximum Gasteiger partial charge on any atom is 0.214 e. The fraction of sp³-hybridized carbons (Fsp3) is 0.923. The van der Waals surface area contributed by atoms with Gasteiger partial charge in [-0.15, -0.1) is 0 Å². The van der Waals surface area contributed by atoms with E-state index in [9.17, 15) is 8.42 Å². The summed E-state index contributed by atoms with van der Waals surface area (Å²) in [5, 5.41) is 7.82. The number of sulfonamides is 1. The summed E-state index contributed by atoms with van der Waals surface area (Å²) in [6.07, 6.45) is 6.31. The molecule has 0 heterocycles. The molecule has 118 valence electrons. The van der Waals surface area contributed by atoms with E-state index in [4.69, 9.17) is 15.9 Å². The van der Waals surface area contributed by atoms with Gasteiger partial charge in [-0.3, -0.25) is 5.41 Å². The zero-order chi connectivity index (χ0) is 15.1. The lowest BCUT2D eigenvalue weighted by atomic mass is 9.84. The van der Waals surface area contributed by atoms with Gasteiger partial charge in [0.1, 0.15) is 5.84 Å². The second-order valence-electron chi connectivity index (χ2n) is 5.38. The normalized spacial score (nSPS) is 20.1. The van der Waals surface area contributed by atoms with E-state index in [1.54, 1.807) is 0 Å². The van der Waals surface area contributed by atoms with Crippen molar-refractivity contribution in [3.05, 3.63) is 0 Å². The van der Waals surface area contributed by atoms with E-state index >= 15 is 0 Å². The highest BCUT2D eigenvalue weighted by Crippen LogP contribution is 2.27. The fourth-order valence-electron chi connectivity index (χ4n) is 2.60.